The predicted molar refractivity (Wildman–Crippen MR) is 121 cm³/mol. The number of likely N-dealkylation sites (tertiary alicyclic amines) is 1. The molecule has 1 saturated carbocycles. The molecule has 0 spiro atoms. The van der Waals surface area contributed by atoms with E-state index in [0.717, 1.165) is 22.9 Å². The zero-order valence-corrected chi connectivity index (χ0v) is 18.5. The van der Waals surface area contributed by atoms with Crippen LogP contribution >= 0.6 is 15.9 Å². The molecule has 2 aromatic carbocycles. The number of nitrogens with one attached hydrogen (secondary N) is 1. The molecule has 31 heavy (non-hydrogen) atoms. The monoisotopic (exact) mass is 478 g/mol. The third kappa shape index (κ3) is 3.63. The van der Waals surface area contributed by atoms with Gasteiger partial charge in [-0.05, 0) is 54.5 Å². The molecule has 1 aliphatic heterocycles. The van der Waals surface area contributed by atoms with Crippen LogP contribution in [0.3, 0.4) is 0 Å². The normalized spacial score (nSPS) is 27.3. The summed E-state index contributed by atoms with van der Waals surface area (Å²) in [6.07, 6.45) is 6.16. The number of halogens is 1. The molecule has 1 heterocycles. The maximum atomic E-state index is 13.5. The number of hydrogen-bond acceptors (Lipinski definition) is 3. The number of benzene rings is 2. The van der Waals surface area contributed by atoms with Gasteiger partial charge < -0.3 is 5.32 Å². The highest BCUT2D eigenvalue weighted by Crippen LogP contribution is 2.51. The van der Waals surface area contributed by atoms with Crippen LogP contribution in [-0.2, 0) is 14.4 Å². The molecule has 5 atom stereocenters. The summed E-state index contributed by atoms with van der Waals surface area (Å²) < 4.78 is 0.923. The lowest BCUT2D eigenvalue weighted by atomic mass is 9.63. The summed E-state index contributed by atoms with van der Waals surface area (Å²) >= 11 is 3.39. The number of nitrogens with zero attached hydrogens (tertiary/aromatic N) is 1. The largest absolute Gasteiger partial charge is 0.326 e. The lowest BCUT2D eigenvalue weighted by Crippen LogP contribution is -2.38. The Labute approximate surface area is 189 Å². The van der Waals surface area contributed by atoms with Crippen molar-refractivity contribution in [2.75, 3.05) is 5.32 Å². The number of fused-ring (bicyclic) bond motifs is 1. The molecule has 3 amide bonds. The van der Waals surface area contributed by atoms with Gasteiger partial charge in [-0.15, -0.1) is 0 Å². The first-order valence-electron chi connectivity index (χ1n) is 10.7. The average Bonchev–Trinajstić information content (AvgIpc) is 3.07. The second kappa shape index (κ2) is 8.08. The van der Waals surface area contributed by atoms with Gasteiger partial charge in [-0.3, -0.25) is 19.3 Å². The van der Waals surface area contributed by atoms with Crippen molar-refractivity contribution < 1.29 is 14.4 Å². The topological polar surface area (TPSA) is 66.5 Å². The van der Waals surface area contributed by atoms with Gasteiger partial charge in [0, 0.05) is 10.2 Å². The Kier molecular flexibility index (Phi) is 5.26. The Hall–Kier alpha value is -2.73. The van der Waals surface area contributed by atoms with Gasteiger partial charge in [0.2, 0.25) is 17.7 Å². The van der Waals surface area contributed by atoms with Crippen molar-refractivity contribution in [2.45, 2.75) is 25.3 Å². The Morgan fingerprint density at radius 3 is 2.06 bits per heavy atom. The van der Waals surface area contributed by atoms with Gasteiger partial charge in [-0.2, -0.15) is 0 Å². The van der Waals surface area contributed by atoms with Crippen molar-refractivity contribution in [1.29, 1.82) is 0 Å². The number of hydrogen-bond donors (Lipinski definition) is 1. The zero-order valence-electron chi connectivity index (χ0n) is 16.9. The van der Waals surface area contributed by atoms with Crippen LogP contribution < -0.4 is 5.32 Å². The molecule has 6 heteroatoms. The van der Waals surface area contributed by atoms with E-state index in [-0.39, 0.29) is 47.8 Å². The fourth-order valence-electron chi connectivity index (χ4n) is 5.36. The van der Waals surface area contributed by atoms with Crippen molar-refractivity contribution in [3.63, 3.8) is 0 Å². The maximum Gasteiger partial charge on any atom is 0.234 e. The number of rotatable bonds is 5. The SMILES string of the molecule is O=C(C[C@@H](c1ccccc1)N1C(=O)[C@@H]2[C@H](C1=O)[C@H]1C=C[C@H]2CC1)Nc1ccc(Br)cc1. The van der Waals surface area contributed by atoms with Crippen LogP contribution in [0.5, 0.6) is 0 Å². The second-order valence-electron chi connectivity index (χ2n) is 8.57. The smallest absolute Gasteiger partial charge is 0.234 e. The van der Waals surface area contributed by atoms with Gasteiger partial charge >= 0.3 is 0 Å². The maximum absolute atomic E-state index is 13.5. The Morgan fingerprint density at radius 1 is 0.935 bits per heavy atom. The minimum atomic E-state index is -0.610. The van der Waals surface area contributed by atoms with E-state index in [1.807, 2.05) is 54.6 Å². The molecule has 1 saturated heterocycles. The highest BCUT2D eigenvalue weighted by Gasteiger charge is 2.58. The van der Waals surface area contributed by atoms with Crippen LogP contribution in [0.1, 0.15) is 30.9 Å². The fraction of sp³-hybridized carbons (Fsp3) is 0.320. The number of imide groups is 1. The second-order valence-corrected chi connectivity index (χ2v) is 9.49. The van der Waals surface area contributed by atoms with E-state index in [1.54, 1.807) is 0 Å². The minimum absolute atomic E-state index is 0.0275. The molecular formula is C25H23BrN2O3. The van der Waals surface area contributed by atoms with Crippen LogP contribution in [0, 0.1) is 23.7 Å². The van der Waals surface area contributed by atoms with Crippen molar-refractivity contribution in [1.82, 2.24) is 4.90 Å². The number of carbonyl (C=O) groups excluding carboxylic acids is 3. The molecule has 0 aromatic heterocycles. The molecule has 0 radical (unpaired) electrons. The summed E-state index contributed by atoms with van der Waals surface area (Å²) in [4.78, 5) is 41.2. The fourth-order valence-corrected chi connectivity index (χ4v) is 5.62. The lowest BCUT2D eigenvalue weighted by molar-refractivity contribution is -0.143. The Bertz CT molecular complexity index is 1020. The predicted octanol–water partition coefficient (Wildman–Crippen LogP) is 4.72. The highest BCUT2D eigenvalue weighted by atomic mass is 79.9. The molecule has 3 aliphatic carbocycles. The van der Waals surface area contributed by atoms with Crippen molar-refractivity contribution in [3.8, 4) is 0 Å². The summed E-state index contributed by atoms with van der Waals surface area (Å²) in [6.45, 7) is 0. The Balaban J connectivity index is 1.43. The molecule has 0 unspecified atom stereocenters. The van der Waals surface area contributed by atoms with Gasteiger partial charge in [0.25, 0.3) is 0 Å². The van der Waals surface area contributed by atoms with Gasteiger partial charge in [0.1, 0.15) is 0 Å². The van der Waals surface area contributed by atoms with E-state index >= 15 is 0 Å². The summed E-state index contributed by atoms with van der Waals surface area (Å²) in [6, 6.07) is 16.1. The van der Waals surface area contributed by atoms with Crippen molar-refractivity contribution in [2.24, 2.45) is 23.7 Å². The zero-order chi connectivity index (χ0) is 21.5. The number of anilines is 1. The quantitative estimate of drug-likeness (QED) is 0.499. The summed E-state index contributed by atoms with van der Waals surface area (Å²) in [5, 5.41) is 2.89. The van der Waals surface area contributed by atoms with Gasteiger partial charge in [0.15, 0.2) is 0 Å². The first kappa shape index (κ1) is 20.2. The van der Waals surface area contributed by atoms with E-state index in [2.05, 4.69) is 33.4 Å². The third-order valence-electron chi connectivity index (χ3n) is 6.80. The molecule has 5 nitrogen and oxygen atoms in total. The van der Waals surface area contributed by atoms with Crippen LogP contribution in [0.15, 0.2) is 71.2 Å². The summed E-state index contributed by atoms with van der Waals surface area (Å²) in [5.41, 5.74) is 1.48. The first-order chi connectivity index (χ1) is 15.0. The van der Waals surface area contributed by atoms with Gasteiger partial charge in [-0.25, -0.2) is 0 Å². The van der Waals surface area contributed by atoms with E-state index < -0.39 is 6.04 Å². The Morgan fingerprint density at radius 2 is 1.52 bits per heavy atom. The van der Waals surface area contributed by atoms with Crippen LogP contribution in [0.25, 0.3) is 0 Å². The number of amides is 3. The van der Waals surface area contributed by atoms with E-state index in [1.165, 1.54) is 4.90 Å². The standard InChI is InChI=1S/C25H23BrN2O3/c26-18-10-12-19(13-11-18)27-21(29)14-20(15-4-2-1-3-5-15)28-24(30)22-16-6-7-17(9-8-16)23(22)25(28)31/h1-7,10-13,16-17,20,22-23H,8-9,14H2,(H,27,29)/t16-,17-,20-,22-,23+/m0/s1. The van der Waals surface area contributed by atoms with Gasteiger partial charge in [0.05, 0.1) is 24.3 Å². The summed E-state index contributed by atoms with van der Waals surface area (Å²) in [7, 11) is 0. The number of allylic oxidation sites excluding steroid dienone is 2. The molecule has 2 aromatic rings. The molecule has 1 N–H and O–H groups in total. The van der Waals surface area contributed by atoms with Crippen molar-refractivity contribution in [3.05, 3.63) is 76.8 Å². The van der Waals surface area contributed by atoms with Crippen LogP contribution in [0.2, 0.25) is 0 Å². The molecule has 158 valence electrons. The molecule has 2 bridgehead atoms. The van der Waals surface area contributed by atoms with Gasteiger partial charge in [-0.1, -0.05) is 58.4 Å². The van der Waals surface area contributed by atoms with Crippen LogP contribution in [0.4, 0.5) is 5.69 Å². The van der Waals surface area contributed by atoms with E-state index in [9.17, 15) is 14.4 Å². The summed E-state index contributed by atoms with van der Waals surface area (Å²) in [5.74, 6) is -0.783. The van der Waals surface area contributed by atoms with E-state index in [0.29, 0.717) is 5.69 Å². The average molecular weight is 479 g/mol. The van der Waals surface area contributed by atoms with E-state index in [4.69, 9.17) is 0 Å². The molecule has 4 aliphatic rings. The highest BCUT2D eigenvalue weighted by molar-refractivity contribution is 9.10. The minimum Gasteiger partial charge on any atom is -0.326 e. The first-order valence-corrected chi connectivity index (χ1v) is 11.5. The molecule has 2 fully saturated rings. The lowest BCUT2D eigenvalue weighted by Gasteiger charge is -2.38. The van der Waals surface area contributed by atoms with Crippen molar-refractivity contribution >= 4 is 39.3 Å². The molecule has 6 rings (SSSR count). The molecular weight excluding hydrogens is 456 g/mol. The van der Waals surface area contributed by atoms with Crippen LogP contribution in [-0.4, -0.2) is 22.6 Å². The number of carbonyl (C=O) groups is 3. The third-order valence-corrected chi connectivity index (χ3v) is 7.32.